The summed E-state index contributed by atoms with van der Waals surface area (Å²) in [6.45, 7) is 6.35. The summed E-state index contributed by atoms with van der Waals surface area (Å²) in [5, 5.41) is 0. The third kappa shape index (κ3) is 66.5. The SMILES string of the molecule is CC/C=C\C/C=C\C/C=C\C/C=C\C/C=C\CC(=O)OCC(COC(=O)CCCCCCCCCCCCCC/C=C\C/C=C\C/C=C\C/C=C\CC)OC(=O)CCCCCCCCCCCCC/C=C\CCCCCCCCCC. The van der Waals surface area contributed by atoms with Gasteiger partial charge in [0.25, 0.3) is 0 Å². The summed E-state index contributed by atoms with van der Waals surface area (Å²) in [7, 11) is 0. The van der Waals surface area contributed by atoms with Gasteiger partial charge in [-0.3, -0.25) is 14.4 Å². The van der Waals surface area contributed by atoms with Gasteiger partial charge in [0.05, 0.1) is 6.42 Å². The molecule has 0 aliphatic heterocycles. The maximum Gasteiger partial charge on any atom is 0.309 e. The molecule has 6 heteroatoms. The molecule has 0 rings (SSSR count). The molecule has 0 N–H and O–H groups in total. The van der Waals surface area contributed by atoms with E-state index in [1.807, 2.05) is 6.08 Å². The first kappa shape index (κ1) is 76.8. The molecule has 6 nitrogen and oxygen atoms in total. The lowest BCUT2D eigenvalue weighted by atomic mass is 10.0. The van der Waals surface area contributed by atoms with Crippen molar-refractivity contribution in [2.24, 2.45) is 0 Å². The quantitative estimate of drug-likeness (QED) is 0.0261. The summed E-state index contributed by atoms with van der Waals surface area (Å²) < 4.78 is 16.9. The Morgan fingerprint density at radius 3 is 0.877 bits per heavy atom. The van der Waals surface area contributed by atoms with Crippen LogP contribution in [-0.4, -0.2) is 37.2 Å². The smallest absolute Gasteiger partial charge is 0.309 e. The predicted molar refractivity (Wildman–Crippen MR) is 353 cm³/mol. The monoisotopic (exact) mass is 1120 g/mol. The van der Waals surface area contributed by atoms with Crippen LogP contribution in [0.5, 0.6) is 0 Å². The molecule has 0 spiro atoms. The summed E-state index contributed by atoms with van der Waals surface area (Å²) >= 11 is 0. The maximum atomic E-state index is 12.9. The number of carbonyl (C=O) groups excluding carboxylic acids is 3. The van der Waals surface area contributed by atoms with Crippen molar-refractivity contribution in [3.63, 3.8) is 0 Å². The van der Waals surface area contributed by atoms with Crippen LogP contribution in [0.15, 0.2) is 122 Å². The van der Waals surface area contributed by atoms with E-state index in [9.17, 15) is 14.4 Å². The lowest BCUT2D eigenvalue weighted by Gasteiger charge is -2.18. The van der Waals surface area contributed by atoms with Gasteiger partial charge in [0, 0.05) is 12.8 Å². The first-order chi connectivity index (χ1) is 40.0. The minimum Gasteiger partial charge on any atom is -0.462 e. The van der Waals surface area contributed by atoms with Crippen LogP contribution in [-0.2, 0) is 28.6 Å². The Kier molecular flexibility index (Phi) is 64.8. The number of carbonyl (C=O) groups is 3. The summed E-state index contributed by atoms with van der Waals surface area (Å²) in [5.74, 6) is -1.04. The van der Waals surface area contributed by atoms with Gasteiger partial charge < -0.3 is 14.2 Å². The fourth-order valence-corrected chi connectivity index (χ4v) is 9.45. The Hall–Kier alpha value is -4.19. The molecule has 0 aromatic heterocycles. The molecule has 0 aliphatic rings. The lowest BCUT2D eigenvalue weighted by molar-refractivity contribution is -0.166. The van der Waals surface area contributed by atoms with Crippen LogP contribution < -0.4 is 0 Å². The Bertz CT molecular complexity index is 1670. The maximum absolute atomic E-state index is 12.9. The van der Waals surface area contributed by atoms with Gasteiger partial charge in [0.2, 0.25) is 0 Å². The highest BCUT2D eigenvalue weighted by molar-refractivity contribution is 5.72. The molecule has 0 saturated heterocycles. The summed E-state index contributed by atoms with van der Waals surface area (Å²) in [5.41, 5.74) is 0. The Morgan fingerprint density at radius 2 is 0.531 bits per heavy atom. The molecule has 0 aliphatic carbocycles. The highest BCUT2D eigenvalue weighted by atomic mass is 16.6. The predicted octanol–water partition coefficient (Wildman–Crippen LogP) is 23.6. The zero-order chi connectivity index (χ0) is 58.5. The largest absolute Gasteiger partial charge is 0.462 e. The Labute approximate surface area is 501 Å². The molecule has 0 heterocycles. The zero-order valence-electron chi connectivity index (χ0n) is 53.0. The van der Waals surface area contributed by atoms with Crippen molar-refractivity contribution < 1.29 is 28.6 Å². The van der Waals surface area contributed by atoms with Gasteiger partial charge in [-0.1, -0.05) is 309 Å². The molecule has 0 saturated carbocycles. The zero-order valence-corrected chi connectivity index (χ0v) is 53.0. The average Bonchev–Trinajstić information content (AvgIpc) is 3.47. The van der Waals surface area contributed by atoms with Gasteiger partial charge in [-0.2, -0.15) is 0 Å². The fourth-order valence-electron chi connectivity index (χ4n) is 9.45. The molecule has 0 aromatic carbocycles. The normalized spacial score (nSPS) is 12.9. The molecule has 0 radical (unpaired) electrons. The molecule has 0 amide bonds. The van der Waals surface area contributed by atoms with Crippen molar-refractivity contribution in [2.75, 3.05) is 13.2 Å². The first-order valence-corrected chi connectivity index (χ1v) is 34.0. The van der Waals surface area contributed by atoms with E-state index < -0.39 is 12.1 Å². The second-order valence-corrected chi connectivity index (χ2v) is 22.3. The molecule has 81 heavy (non-hydrogen) atoms. The third-order valence-corrected chi connectivity index (χ3v) is 14.5. The van der Waals surface area contributed by atoms with Crippen LogP contribution in [0.2, 0.25) is 0 Å². The van der Waals surface area contributed by atoms with E-state index in [0.717, 1.165) is 96.3 Å². The van der Waals surface area contributed by atoms with Gasteiger partial charge in [-0.15, -0.1) is 0 Å². The van der Waals surface area contributed by atoms with E-state index in [1.54, 1.807) is 6.08 Å². The minimum atomic E-state index is -0.823. The molecule has 1 unspecified atom stereocenters. The van der Waals surface area contributed by atoms with E-state index in [4.69, 9.17) is 14.2 Å². The van der Waals surface area contributed by atoms with Gasteiger partial charge in [-0.25, -0.2) is 0 Å². The molecule has 0 bridgehead atoms. The molecular formula is C75H126O6. The molecule has 462 valence electrons. The van der Waals surface area contributed by atoms with Gasteiger partial charge >= 0.3 is 17.9 Å². The number of hydrogen-bond acceptors (Lipinski definition) is 6. The molecule has 0 aromatic rings. The van der Waals surface area contributed by atoms with E-state index in [2.05, 4.69) is 130 Å². The Balaban J connectivity index is 4.39. The van der Waals surface area contributed by atoms with Gasteiger partial charge in [-0.05, 0) is 109 Å². The van der Waals surface area contributed by atoms with Crippen LogP contribution in [0.3, 0.4) is 0 Å². The fraction of sp³-hybridized carbons (Fsp3) is 0.693. The number of ether oxygens (including phenoxy) is 3. The number of allylic oxidation sites excluding steroid dienone is 19. The number of esters is 3. The van der Waals surface area contributed by atoms with Crippen LogP contribution >= 0.6 is 0 Å². The second-order valence-electron chi connectivity index (χ2n) is 22.3. The lowest BCUT2D eigenvalue weighted by Crippen LogP contribution is -2.30. The number of unbranched alkanes of at least 4 members (excludes halogenated alkanes) is 31. The van der Waals surface area contributed by atoms with E-state index in [0.29, 0.717) is 12.8 Å². The Morgan fingerprint density at radius 1 is 0.272 bits per heavy atom. The van der Waals surface area contributed by atoms with Gasteiger partial charge in [0.1, 0.15) is 13.2 Å². The standard InChI is InChI=1S/C75H126O6/c1-4-7-10-13-16-19-22-25-28-30-32-34-36-37-39-40-42-44-47-50-53-56-59-62-65-68-74(77)80-71-72(70-79-73(76)67-64-61-58-55-52-49-46-27-24-21-18-15-12-9-6-3)81-75(78)69-66-63-60-57-54-51-48-45-43-41-38-35-33-31-29-26-23-20-17-14-11-8-5-2/h7,9-10,12,16,18-19,21,25,27-28,31-34,46,52,55,61,64,72H,4-6,8,11,13-15,17,20,22-24,26,29-30,35-45,47-51,53-54,56-60,62-63,65-71H2,1-3H3/b10-7-,12-9-,19-16-,21-18-,28-25-,33-31-,34-32-,46-27-,55-52-,64-61-. The summed E-state index contributed by atoms with van der Waals surface area (Å²) in [6, 6.07) is 0. The average molecular weight is 1120 g/mol. The van der Waals surface area contributed by atoms with Crippen LogP contribution in [0, 0.1) is 0 Å². The topological polar surface area (TPSA) is 78.9 Å². The van der Waals surface area contributed by atoms with Crippen molar-refractivity contribution in [3.05, 3.63) is 122 Å². The molecule has 0 fully saturated rings. The van der Waals surface area contributed by atoms with Crippen molar-refractivity contribution in [1.82, 2.24) is 0 Å². The van der Waals surface area contributed by atoms with Crippen molar-refractivity contribution in [1.29, 1.82) is 0 Å². The minimum absolute atomic E-state index is 0.110. The highest BCUT2D eigenvalue weighted by Crippen LogP contribution is 2.17. The van der Waals surface area contributed by atoms with E-state index in [1.165, 1.54) is 180 Å². The van der Waals surface area contributed by atoms with Crippen molar-refractivity contribution in [2.45, 2.75) is 322 Å². The summed E-state index contributed by atoms with van der Waals surface area (Å²) in [6.07, 6.45) is 95.3. The highest BCUT2D eigenvalue weighted by Gasteiger charge is 2.19. The third-order valence-electron chi connectivity index (χ3n) is 14.5. The number of rotatable bonds is 61. The van der Waals surface area contributed by atoms with Crippen molar-refractivity contribution in [3.8, 4) is 0 Å². The van der Waals surface area contributed by atoms with E-state index >= 15 is 0 Å². The van der Waals surface area contributed by atoms with Crippen LogP contribution in [0.25, 0.3) is 0 Å². The summed E-state index contributed by atoms with van der Waals surface area (Å²) in [4.78, 5) is 38.3. The number of hydrogen-bond donors (Lipinski definition) is 0. The molecule has 1 atom stereocenters. The van der Waals surface area contributed by atoms with Crippen LogP contribution in [0.1, 0.15) is 316 Å². The molecular weight excluding hydrogens is 997 g/mol. The van der Waals surface area contributed by atoms with Gasteiger partial charge in [0.15, 0.2) is 6.10 Å². The van der Waals surface area contributed by atoms with E-state index in [-0.39, 0.29) is 31.6 Å². The second kappa shape index (κ2) is 68.3. The first-order valence-electron chi connectivity index (χ1n) is 34.0. The van der Waals surface area contributed by atoms with Crippen molar-refractivity contribution >= 4 is 17.9 Å². The van der Waals surface area contributed by atoms with Crippen LogP contribution in [0.4, 0.5) is 0 Å².